The normalized spacial score (nSPS) is 16.3. The number of carboxylic acids is 1. The number of hydrogen-bond donors (Lipinski definition) is 2. The molecule has 1 aromatic heterocycles. The van der Waals surface area contributed by atoms with Crippen molar-refractivity contribution < 1.29 is 28.6 Å². The number of rotatable bonds is 6. The van der Waals surface area contributed by atoms with E-state index >= 15 is 0 Å². The summed E-state index contributed by atoms with van der Waals surface area (Å²) < 4.78 is 10.7. The summed E-state index contributed by atoms with van der Waals surface area (Å²) in [5.74, 6) is -0.808. The maximum atomic E-state index is 12.5. The van der Waals surface area contributed by atoms with Gasteiger partial charge in [-0.3, -0.25) is 9.59 Å². The van der Waals surface area contributed by atoms with Gasteiger partial charge in [-0.2, -0.15) is 0 Å². The maximum Gasteiger partial charge on any atom is 0.339 e. The van der Waals surface area contributed by atoms with E-state index in [0.29, 0.717) is 17.2 Å². The molecule has 0 spiro atoms. The molecule has 0 saturated carbocycles. The summed E-state index contributed by atoms with van der Waals surface area (Å²) in [6.45, 7) is 3.79. The first kappa shape index (κ1) is 19.5. The zero-order valence-electron chi connectivity index (χ0n) is 15.9. The van der Waals surface area contributed by atoms with Gasteiger partial charge in [0.15, 0.2) is 0 Å². The van der Waals surface area contributed by atoms with Crippen molar-refractivity contribution in [3.8, 4) is 5.75 Å². The van der Waals surface area contributed by atoms with E-state index in [0.717, 1.165) is 5.56 Å². The molecular weight excluding hydrogens is 364 g/mol. The second-order valence-electron chi connectivity index (χ2n) is 6.79. The monoisotopic (exact) mass is 386 g/mol. The molecule has 8 nitrogen and oxygen atoms in total. The van der Waals surface area contributed by atoms with Crippen molar-refractivity contribution in [2.24, 2.45) is 5.92 Å². The second-order valence-corrected chi connectivity index (χ2v) is 6.79. The van der Waals surface area contributed by atoms with Gasteiger partial charge in [-0.1, -0.05) is 6.07 Å². The molecule has 2 aromatic rings. The Labute approximate surface area is 162 Å². The predicted octanol–water partition coefficient (Wildman–Crippen LogP) is 2.27. The van der Waals surface area contributed by atoms with Crippen molar-refractivity contribution in [3.05, 3.63) is 46.9 Å². The molecule has 148 valence electrons. The molecule has 1 aliphatic heterocycles. The van der Waals surface area contributed by atoms with Gasteiger partial charge < -0.3 is 24.5 Å². The Morgan fingerprint density at radius 3 is 2.71 bits per heavy atom. The number of carbonyl (C=O) groups excluding carboxylic acids is 2. The van der Waals surface area contributed by atoms with Crippen LogP contribution in [0.25, 0.3) is 0 Å². The number of ether oxygens (including phenoxy) is 1. The Morgan fingerprint density at radius 1 is 1.32 bits per heavy atom. The Hall–Kier alpha value is -3.29. The summed E-state index contributed by atoms with van der Waals surface area (Å²) in [5.41, 5.74) is 1.70. The molecule has 0 radical (unpaired) electrons. The van der Waals surface area contributed by atoms with Gasteiger partial charge >= 0.3 is 5.97 Å². The molecule has 8 heteroatoms. The van der Waals surface area contributed by atoms with Crippen molar-refractivity contribution in [2.45, 2.75) is 26.8 Å². The molecular formula is C20H22N2O6. The van der Waals surface area contributed by atoms with E-state index in [1.165, 1.54) is 13.2 Å². The van der Waals surface area contributed by atoms with Gasteiger partial charge in [0.25, 0.3) is 0 Å². The highest BCUT2D eigenvalue weighted by molar-refractivity contribution is 6.01. The van der Waals surface area contributed by atoms with E-state index in [-0.39, 0.29) is 42.6 Å². The van der Waals surface area contributed by atoms with Crippen LogP contribution in [0.15, 0.2) is 28.7 Å². The maximum absolute atomic E-state index is 12.5. The Balaban J connectivity index is 1.66. The molecule has 1 fully saturated rings. The molecule has 2 heterocycles. The summed E-state index contributed by atoms with van der Waals surface area (Å²) in [4.78, 5) is 37.6. The van der Waals surface area contributed by atoms with Crippen molar-refractivity contribution in [3.63, 3.8) is 0 Å². The molecule has 1 aliphatic rings. The number of hydrogen-bond acceptors (Lipinski definition) is 5. The predicted molar refractivity (Wildman–Crippen MR) is 100 cm³/mol. The van der Waals surface area contributed by atoms with Crippen LogP contribution in [0.4, 0.5) is 5.69 Å². The van der Waals surface area contributed by atoms with Crippen LogP contribution in [0.3, 0.4) is 0 Å². The Morgan fingerprint density at radius 2 is 2.07 bits per heavy atom. The first-order valence-electron chi connectivity index (χ1n) is 8.85. The summed E-state index contributed by atoms with van der Waals surface area (Å²) in [6, 6.07) is 6.94. The standard InChI is InChI=1S/C20H22N2O6/c1-11-4-5-17(27-3)16(6-11)22-10-13(7-18(22)23)19(24)21-9-14-8-15(20(25)26)12(2)28-14/h4-6,8,13H,7,9-10H2,1-3H3,(H,21,24)(H,25,26). The van der Waals surface area contributed by atoms with E-state index in [1.807, 2.05) is 19.1 Å². The van der Waals surface area contributed by atoms with Gasteiger partial charge in [-0.25, -0.2) is 4.79 Å². The number of nitrogens with one attached hydrogen (secondary N) is 1. The fraction of sp³-hybridized carbons (Fsp3) is 0.350. The van der Waals surface area contributed by atoms with Crippen LogP contribution >= 0.6 is 0 Å². The number of anilines is 1. The van der Waals surface area contributed by atoms with Crippen LogP contribution < -0.4 is 15.0 Å². The van der Waals surface area contributed by atoms with Crippen molar-refractivity contribution in [1.29, 1.82) is 0 Å². The lowest BCUT2D eigenvalue weighted by Crippen LogP contribution is -2.32. The van der Waals surface area contributed by atoms with E-state index in [9.17, 15) is 14.4 Å². The van der Waals surface area contributed by atoms with E-state index in [2.05, 4.69) is 5.32 Å². The second kappa shape index (κ2) is 7.75. The van der Waals surface area contributed by atoms with E-state index in [4.69, 9.17) is 14.3 Å². The third kappa shape index (κ3) is 3.85. The minimum Gasteiger partial charge on any atom is -0.495 e. The van der Waals surface area contributed by atoms with Crippen molar-refractivity contribution >= 4 is 23.5 Å². The van der Waals surface area contributed by atoms with Crippen LogP contribution in [0.2, 0.25) is 0 Å². The third-order valence-corrected chi connectivity index (χ3v) is 4.76. The number of methoxy groups -OCH3 is 1. The lowest BCUT2D eigenvalue weighted by Gasteiger charge is -2.20. The van der Waals surface area contributed by atoms with Gasteiger partial charge in [-0.15, -0.1) is 0 Å². The van der Waals surface area contributed by atoms with E-state index in [1.54, 1.807) is 17.9 Å². The molecule has 0 aliphatic carbocycles. The molecule has 3 rings (SSSR count). The average Bonchev–Trinajstić information content (AvgIpc) is 3.22. The molecule has 1 aromatic carbocycles. The molecule has 0 bridgehead atoms. The number of benzene rings is 1. The number of aryl methyl sites for hydroxylation is 2. The zero-order chi connectivity index (χ0) is 20.4. The van der Waals surface area contributed by atoms with Crippen LogP contribution in [-0.4, -0.2) is 36.5 Å². The Bertz CT molecular complexity index is 933. The zero-order valence-corrected chi connectivity index (χ0v) is 15.9. The Kier molecular flexibility index (Phi) is 5.39. The molecule has 1 atom stereocenters. The highest BCUT2D eigenvalue weighted by atomic mass is 16.5. The largest absolute Gasteiger partial charge is 0.495 e. The number of nitrogens with zero attached hydrogens (tertiary/aromatic N) is 1. The van der Waals surface area contributed by atoms with Crippen LogP contribution in [-0.2, 0) is 16.1 Å². The van der Waals surface area contributed by atoms with Gasteiger partial charge in [0, 0.05) is 13.0 Å². The number of carbonyl (C=O) groups is 3. The fourth-order valence-corrected chi connectivity index (χ4v) is 3.29. The SMILES string of the molecule is COc1ccc(C)cc1N1CC(C(=O)NCc2cc(C(=O)O)c(C)o2)CC1=O. The molecule has 1 unspecified atom stereocenters. The molecule has 1 saturated heterocycles. The number of amides is 2. The van der Waals surface area contributed by atoms with Crippen LogP contribution in [0, 0.1) is 19.8 Å². The molecule has 28 heavy (non-hydrogen) atoms. The van der Waals surface area contributed by atoms with Gasteiger partial charge in [0.2, 0.25) is 11.8 Å². The first-order valence-corrected chi connectivity index (χ1v) is 8.85. The number of furan rings is 1. The van der Waals surface area contributed by atoms with Gasteiger partial charge in [0.05, 0.1) is 25.3 Å². The van der Waals surface area contributed by atoms with Gasteiger partial charge in [0.1, 0.15) is 22.8 Å². The lowest BCUT2D eigenvalue weighted by atomic mass is 10.1. The third-order valence-electron chi connectivity index (χ3n) is 4.76. The van der Waals surface area contributed by atoms with Gasteiger partial charge in [-0.05, 0) is 37.6 Å². The molecule has 2 N–H and O–H groups in total. The number of carboxylic acid groups (broad SMARTS) is 1. The summed E-state index contributed by atoms with van der Waals surface area (Å²) in [7, 11) is 1.54. The molecule has 2 amide bonds. The highest BCUT2D eigenvalue weighted by Crippen LogP contribution is 2.34. The van der Waals surface area contributed by atoms with Crippen LogP contribution in [0.5, 0.6) is 5.75 Å². The van der Waals surface area contributed by atoms with Crippen molar-refractivity contribution in [1.82, 2.24) is 5.32 Å². The number of aromatic carboxylic acids is 1. The lowest BCUT2D eigenvalue weighted by molar-refractivity contribution is -0.126. The summed E-state index contributed by atoms with van der Waals surface area (Å²) >= 11 is 0. The average molecular weight is 386 g/mol. The smallest absolute Gasteiger partial charge is 0.339 e. The highest BCUT2D eigenvalue weighted by Gasteiger charge is 2.36. The van der Waals surface area contributed by atoms with Crippen LogP contribution in [0.1, 0.15) is 33.9 Å². The topological polar surface area (TPSA) is 109 Å². The summed E-state index contributed by atoms with van der Waals surface area (Å²) in [6.07, 6.45) is 0.0977. The van der Waals surface area contributed by atoms with E-state index < -0.39 is 11.9 Å². The van der Waals surface area contributed by atoms with Crippen molar-refractivity contribution in [2.75, 3.05) is 18.6 Å². The minimum absolute atomic E-state index is 0.0609. The fourth-order valence-electron chi connectivity index (χ4n) is 3.29. The summed E-state index contributed by atoms with van der Waals surface area (Å²) in [5, 5.41) is 11.8. The first-order chi connectivity index (χ1) is 13.3. The quantitative estimate of drug-likeness (QED) is 0.788. The minimum atomic E-state index is -1.08.